The quantitative estimate of drug-likeness (QED) is 0.0274. The summed E-state index contributed by atoms with van der Waals surface area (Å²) in [6.45, 7) is 1.42. The van der Waals surface area contributed by atoms with Crippen LogP contribution in [0.3, 0.4) is 0 Å². The summed E-state index contributed by atoms with van der Waals surface area (Å²) in [7, 11) is 0. The molecule has 17 atom stereocenters. The monoisotopic (exact) mass is 1130 g/mol. The largest absolute Gasteiger partial charge is 0.394 e. The van der Waals surface area contributed by atoms with E-state index in [0.717, 1.165) is 44.9 Å². The van der Waals surface area contributed by atoms with Gasteiger partial charge >= 0.3 is 0 Å². The van der Waals surface area contributed by atoms with Crippen molar-refractivity contribution in [1.29, 1.82) is 0 Å². The van der Waals surface area contributed by atoms with Crippen LogP contribution in [0.2, 0.25) is 0 Å². The number of carbonyl (C=O) groups is 1. The Hall–Kier alpha value is -2.51. The Kier molecular flexibility index (Phi) is 38.7. The highest BCUT2D eigenvalue weighted by atomic mass is 16.8. The van der Waals surface area contributed by atoms with Gasteiger partial charge in [0.1, 0.15) is 73.2 Å². The number of allylic oxidation sites excluding steroid dienone is 9. The van der Waals surface area contributed by atoms with Crippen LogP contribution in [0.5, 0.6) is 0 Å². The fraction of sp³-hybridized carbons (Fsp3) is 0.817. The maximum absolute atomic E-state index is 13.3. The summed E-state index contributed by atoms with van der Waals surface area (Å²) >= 11 is 0. The van der Waals surface area contributed by atoms with Gasteiger partial charge in [0.25, 0.3) is 0 Å². The second-order valence-electron chi connectivity index (χ2n) is 21.4. The molecular weight excluding hydrogens is 1020 g/mol. The van der Waals surface area contributed by atoms with Crippen LogP contribution in [0.4, 0.5) is 0 Å². The van der Waals surface area contributed by atoms with Crippen LogP contribution in [0, 0.1) is 0 Å². The first kappa shape index (κ1) is 70.8. The summed E-state index contributed by atoms with van der Waals surface area (Å²) in [4.78, 5) is 13.3. The van der Waals surface area contributed by atoms with Gasteiger partial charge in [0.15, 0.2) is 18.9 Å². The molecule has 17 unspecified atom stereocenters. The zero-order valence-electron chi connectivity index (χ0n) is 47.6. The minimum Gasteiger partial charge on any atom is -0.394 e. The Morgan fingerprint density at radius 2 is 0.899 bits per heavy atom. The first-order valence-electron chi connectivity index (χ1n) is 30.0. The van der Waals surface area contributed by atoms with Crippen molar-refractivity contribution in [2.75, 3.05) is 26.4 Å². The van der Waals surface area contributed by atoms with Crippen LogP contribution in [0.25, 0.3) is 0 Å². The lowest BCUT2D eigenvalue weighted by molar-refractivity contribution is -0.379. The lowest BCUT2D eigenvalue weighted by atomic mass is 9.96. The number of aliphatic hydroxyl groups is 11. The molecule has 0 aromatic carbocycles. The van der Waals surface area contributed by atoms with Gasteiger partial charge in [-0.1, -0.05) is 164 Å². The van der Waals surface area contributed by atoms with Crippen molar-refractivity contribution in [2.45, 2.75) is 285 Å². The molecule has 3 aliphatic rings. The fourth-order valence-corrected chi connectivity index (χ4v) is 9.91. The van der Waals surface area contributed by atoms with E-state index in [1.165, 1.54) is 103 Å². The Balaban J connectivity index is 1.42. The molecule has 1 amide bonds. The standard InChI is InChI=1S/C60H105NO18/c1-3-5-7-9-11-13-14-15-16-17-18-19-20-21-22-23-24-25-26-27-28-30-32-34-36-38-48(66)61-43(44(65)37-35-33-31-29-12-10-8-6-4-2)42-74-58-54(72)51(69)56(46(40-63)76-58)79-60-55(73)52(70)57(47(41-64)77-60)78-59-53(71)50(68)49(67)45(39-62)75-59/h4,6,12,14-15,17-18,29,35,37,43-47,49-60,62-65,67-73H,3,5,7-11,13,16,19-28,30-34,36,38-42H2,1-2H3,(H,61,66)/b6-4+,15-14-,18-17-,29-12+,37-35+. The van der Waals surface area contributed by atoms with E-state index in [1.807, 2.05) is 13.0 Å². The van der Waals surface area contributed by atoms with Gasteiger partial charge in [-0.3, -0.25) is 4.79 Å². The van der Waals surface area contributed by atoms with Crippen molar-refractivity contribution in [1.82, 2.24) is 5.32 Å². The van der Waals surface area contributed by atoms with E-state index in [0.29, 0.717) is 12.8 Å². The highest BCUT2D eigenvalue weighted by molar-refractivity contribution is 5.76. The number of hydrogen-bond acceptors (Lipinski definition) is 18. The number of carbonyl (C=O) groups excluding carboxylic acids is 1. The van der Waals surface area contributed by atoms with Gasteiger partial charge in [-0.25, -0.2) is 0 Å². The third-order valence-corrected chi connectivity index (χ3v) is 14.9. The molecule has 79 heavy (non-hydrogen) atoms. The summed E-state index contributed by atoms with van der Waals surface area (Å²) in [6, 6.07) is -0.996. The molecule has 19 nitrogen and oxygen atoms in total. The third-order valence-electron chi connectivity index (χ3n) is 14.9. The Bertz CT molecular complexity index is 1680. The summed E-state index contributed by atoms with van der Waals surface area (Å²) in [5.74, 6) is -0.296. The van der Waals surface area contributed by atoms with Crippen LogP contribution >= 0.6 is 0 Å². The van der Waals surface area contributed by atoms with Gasteiger partial charge in [-0.05, 0) is 71.1 Å². The van der Waals surface area contributed by atoms with Crippen LogP contribution in [0.15, 0.2) is 60.8 Å². The molecule has 0 saturated carbocycles. The molecule has 458 valence electrons. The molecule has 19 heteroatoms. The molecule has 3 rings (SSSR count). The van der Waals surface area contributed by atoms with Gasteiger partial charge in [-0.2, -0.15) is 0 Å². The minimum absolute atomic E-state index is 0.228. The lowest BCUT2D eigenvalue weighted by Gasteiger charge is -2.48. The lowest BCUT2D eigenvalue weighted by Crippen LogP contribution is -2.66. The second-order valence-corrected chi connectivity index (χ2v) is 21.4. The normalized spacial score (nSPS) is 30.7. The highest BCUT2D eigenvalue weighted by Gasteiger charge is 2.53. The van der Waals surface area contributed by atoms with E-state index in [2.05, 4.69) is 54.8 Å². The Labute approximate surface area is 471 Å². The van der Waals surface area contributed by atoms with Crippen LogP contribution in [-0.4, -0.2) is 193 Å². The van der Waals surface area contributed by atoms with Crippen molar-refractivity contribution in [3.8, 4) is 0 Å². The molecule has 0 spiro atoms. The Morgan fingerprint density at radius 1 is 0.481 bits per heavy atom. The number of nitrogens with one attached hydrogen (secondary N) is 1. The SMILES string of the molecule is C/C=C/CC/C=C/CC/C=C/C(O)C(COC1OC(CO)C(OC2OC(CO)C(OC3OC(CO)C(O)C(O)C3O)C(O)C2O)C(O)C1O)NC(=O)CCCCCCCCCCCCCCC/C=C\C/C=C\CCCCCCC. The maximum atomic E-state index is 13.3. The van der Waals surface area contributed by atoms with Gasteiger partial charge in [0, 0.05) is 6.42 Å². The van der Waals surface area contributed by atoms with E-state index in [9.17, 15) is 61.0 Å². The van der Waals surface area contributed by atoms with Crippen LogP contribution in [-0.2, 0) is 33.2 Å². The van der Waals surface area contributed by atoms with E-state index < -0.39 is 124 Å². The number of aliphatic hydroxyl groups excluding tert-OH is 11. The van der Waals surface area contributed by atoms with E-state index >= 15 is 0 Å². The molecule has 3 saturated heterocycles. The summed E-state index contributed by atoms with van der Waals surface area (Å²) in [5, 5.41) is 120. The summed E-state index contributed by atoms with van der Waals surface area (Å²) in [6.07, 6.45) is 22.5. The van der Waals surface area contributed by atoms with Gasteiger partial charge in [-0.15, -0.1) is 0 Å². The molecule has 0 aromatic rings. The zero-order valence-corrected chi connectivity index (χ0v) is 47.6. The van der Waals surface area contributed by atoms with Gasteiger partial charge in [0.05, 0.1) is 38.6 Å². The smallest absolute Gasteiger partial charge is 0.220 e. The number of ether oxygens (including phenoxy) is 6. The second kappa shape index (κ2) is 43.2. The number of amides is 1. The molecule has 3 aliphatic heterocycles. The molecule has 3 heterocycles. The Morgan fingerprint density at radius 3 is 1.41 bits per heavy atom. The van der Waals surface area contributed by atoms with E-state index in [4.69, 9.17) is 28.4 Å². The summed E-state index contributed by atoms with van der Waals surface area (Å²) in [5.41, 5.74) is 0. The minimum atomic E-state index is -1.98. The molecule has 0 aliphatic carbocycles. The number of rotatable bonds is 43. The average molecular weight is 1130 g/mol. The topological polar surface area (TPSA) is 307 Å². The number of hydrogen-bond donors (Lipinski definition) is 12. The molecule has 0 aromatic heterocycles. The predicted octanol–water partition coefficient (Wildman–Crippen LogP) is 5.26. The van der Waals surface area contributed by atoms with Crippen molar-refractivity contribution < 1.29 is 89.4 Å². The maximum Gasteiger partial charge on any atom is 0.220 e. The molecular formula is C60H105NO18. The zero-order chi connectivity index (χ0) is 57.6. The molecule has 0 bridgehead atoms. The molecule has 3 fully saturated rings. The highest BCUT2D eigenvalue weighted by Crippen LogP contribution is 2.33. The van der Waals surface area contributed by atoms with Crippen molar-refractivity contribution in [2.24, 2.45) is 0 Å². The average Bonchev–Trinajstić information content (AvgIpc) is 3.44. The van der Waals surface area contributed by atoms with E-state index in [1.54, 1.807) is 12.2 Å². The van der Waals surface area contributed by atoms with E-state index in [-0.39, 0.29) is 18.9 Å². The van der Waals surface area contributed by atoms with Crippen molar-refractivity contribution >= 4 is 5.91 Å². The third kappa shape index (κ3) is 27.2. The predicted molar refractivity (Wildman–Crippen MR) is 300 cm³/mol. The molecule has 0 radical (unpaired) electrons. The summed E-state index contributed by atoms with van der Waals surface area (Å²) < 4.78 is 34.1. The van der Waals surface area contributed by atoms with Gasteiger partial charge in [0.2, 0.25) is 5.91 Å². The number of unbranched alkanes of at least 4 members (excludes halogenated alkanes) is 20. The van der Waals surface area contributed by atoms with Crippen LogP contribution < -0.4 is 5.32 Å². The first-order chi connectivity index (χ1) is 38.3. The van der Waals surface area contributed by atoms with Crippen molar-refractivity contribution in [3.63, 3.8) is 0 Å². The first-order valence-corrected chi connectivity index (χ1v) is 30.0. The van der Waals surface area contributed by atoms with Gasteiger partial charge < -0.3 is 89.9 Å². The van der Waals surface area contributed by atoms with Crippen molar-refractivity contribution in [3.05, 3.63) is 60.8 Å². The molecule has 12 N–H and O–H groups in total. The van der Waals surface area contributed by atoms with Crippen LogP contribution in [0.1, 0.15) is 181 Å². The fourth-order valence-electron chi connectivity index (χ4n) is 9.91.